The third kappa shape index (κ3) is 5.49. The van der Waals surface area contributed by atoms with Crippen molar-refractivity contribution in [2.75, 3.05) is 13.2 Å². The Balaban J connectivity index is 1.98. The molecule has 0 bridgehead atoms. The molecule has 1 aromatic heterocycles. The van der Waals surface area contributed by atoms with Crippen LogP contribution in [0.2, 0.25) is 0 Å². The van der Waals surface area contributed by atoms with E-state index in [2.05, 4.69) is 29.4 Å². The van der Waals surface area contributed by atoms with Crippen molar-refractivity contribution in [3.05, 3.63) is 11.8 Å². The maximum absolute atomic E-state index is 5.38. The van der Waals surface area contributed by atoms with Crippen LogP contribution in [-0.2, 0) is 11.3 Å². The maximum Gasteiger partial charge on any atom is 0.242 e. The molecule has 0 saturated carbocycles. The van der Waals surface area contributed by atoms with Crippen LogP contribution in [0.5, 0.6) is 0 Å². The van der Waals surface area contributed by atoms with E-state index in [0.717, 1.165) is 13.0 Å². The second-order valence-electron chi connectivity index (χ2n) is 3.73. The van der Waals surface area contributed by atoms with Gasteiger partial charge in [0.15, 0.2) is 0 Å². The van der Waals surface area contributed by atoms with Crippen molar-refractivity contribution in [1.82, 2.24) is 15.5 Å². The first-order chi connectivity index (χ1) is 7.18. The van der Waals surface area contributed by atoms with Gasteiger partial charge in [-0.3, -0.25) is 0 Å². The molecule has 0 atom stereocenters. The van der Waals surface area contributed by atoms with Gasteiger partial charge >= 0.3 is 0 Å². The van der Waals surface area contributed by atoms with Gasteiger partial charge < -0.3 is 14.5 Å². The Morgan fingerprint density at radius 1 is 1.40 bits per heavy atom. The third-order valence-electron chi connectivity index (χ3n) is 1.81. The Labute approximate surface area is 90.2 Å². The summed E-state index contributed by atoms with van der Waals surface area (Å²) in [6, 6.07) is 0.531. The maximum atomic E-state index is 5.38. The molecule has 5 heteroatoms. The highest BCUT2D eigenvalue weighted by atomic mass is 16.5. The molecule has 1 rings (SSSR count). The summed E-state index contributed by atoms with van der Waals surface area (Å²) in [5.41, 5.74) is 0. The van der Waals surface area contributed by atoms with Gasteiger partial charge in [-0.25, -0.2) is 0 Å². The first-order valence-corrected chi connectivity index (χ1v) is 5.28. The molecule has 0 aliphatic rings. The largest absolute Gasteiger partial charge is 0.423 e. The number of aryl methyl sites for hydroxylation is 1. The highest BCUT2D eigenvalue weighted by Gasteiger charge is 2.01. The monoisotopic (exact) mass is 213 g/mol. The summed E-state index contributed by atoms with van der Waals surface area (Å²) in [4.78, 5) is 0. The molecule has 1 aromatic rings. The lowest BCUT2D eigenvalue weighted by atomic mass is 10.3. The summed E-state index contributed by atoms with van der Waals surface area (Å²) in [5.74, 6) is 1.12. The van der Waals surface area contributed by atoms with Crippen molar-refractivity contribution >= 4 is 0 Å². The van der Waals surface area contributed by atoms with Gasteiger partial charge in [0.25, 0.3) is 0 Å². The Morgan fingerprint density at radius 3 is 2.80 bits per heavy atom. The third-order valence-corrected chi connectivity index (χ3v) is 1.81. The summed E-state index contributed by atoms with van der Waals surface area (Å²) < 4.78 is 10.5. The summed E-state index contributed by atoms with van der Waals surface area (Å²) in [7, 11) is 0. The second kappa shape index (κ2) is 6.53. The molecule has 1 N–H and O–H groups in total. The second-order valence-corrected chi connectivity index (χ2v) is 3.73. The number of rotatable bonds is 7. The van der Waals surface area contributed by atoms with Crippen LogP contribution in [0.15, 0.2) is 4.42 Å². The van der Waals surface area contributed by atoms with Crippen LogP contribution in [0, 0.1) is 6.92 Å². The predicted molar refractivity (Wildman–Crippen MR) is 56.4 cm³/mol. The van der Waals surface area contributed by atoms with Crippen LogP contribution in [0.1, 0.15) is 32.0 Å². The lowest BCUT2D eigenvalue weighted by Gasteiger charge is -2.07. The first-order valence-electron chi connectivity index (χ1n) is 5.28. The average molecular weight is 213 g/mol. The van der Waals surface area contributed by atoms with Gasteiger partial charge in [-0.1, -0.05) is 13.8 Å². The Kier molecular flexibility index (Phi) is 5.28. The summed E-state index contributed by atoms with van der Waals surface area (Å²) in [5, 5.41) is 10.9. The van der Waals surface area contributed by atoms with Crippen LogP contribution in [-0.4, -0.2) is 29.4 Å². The van der Waals surface area contributed by atoms with Crippen LogP contribution in [0.3, 0.4) is 0 Å². The van der Waals surface area contributed by atoms with Crippen LogP contribution < -0.4 is 5.32 Å². The van der Waals surface area contributed by atoms with E-state index < -0.39 is 0 Å². The predicted octanol–water partition coefficient (Wildman–Crippen LogP) is 1.28. The van der Waals surface area contributed by atoms with Crippen molar-refractivity contribution < 1.29 is 9.15 Å². The van der Waals surface area contributed by atoms with Gasteiger partial charge in [-0.2, -0.15) is 0 Å². The zero-order valence-electron chi connectivity index (χ0n) is 9.62. The topological polar surface area (TPSA) is 60.2 Å². The molecule has 5 nitrogen and oxygen atoms in total. The fourth-order valence-electron chi connectivity index (χ4n) is 1.12. The Hall–Kier alpha value is -0.940. The molecule has 0 fully saturated rings. The molecule has 0 aromatic carbocycles. The fraction of sp³-hybridized carbons (Fsp3) is 0.800. The number of hydrogen-bond donors (Lipinski definition) is 1. The summed E-state index contributed by atoms with van der Waals surface area (Å²) >= 11 is 0. The van der Waals surface area contributed by atoms with Crippen molar-refractivity contribution in [2.24, 2.45) is 0 Å². The van der Waals surface area contributed by atoms with E-state index >= 15 is 0 Å². The molecule has 0 radical (unpaired) electrons. The number of aromatic nitrogens is 2. The molecule has 0 spiro atoms. The molecule has 0 aliphatic carbocycles. The molecule has 86 valence electrons. The van der Waals surface area contributed by atoms with Gasteiger partial charge in [0.2, 0.25) is 11.8 Å². The molecular weight excluding hydrogens is 194 g/mol. The fourth-order valence-corrected chi connectivity index (χ4v) is 1.12. The smallest absolute Gasteiger partial charge is 0.242 e. The van der Waals surface area contributed by atoms with Crippen molar-refractivity contribution in [3.8, 4) is 0 Å². The molecule has 0 amide bonds. The van der Waals surface area contributed by atoms with E-state index in [1.54, 1.807) is 6.92 Å². The number of nitrogens with one attached hydrogen (secondary N) is 1. The lowest BCUT2D eigenvalue weighted by Crippen LogP contribution is -2.24. The van der Waals surface area contributed by atoms with Crippen molar-refractivity contribution in [1.29, 1.82) is 0 Å². The number of hydrogen-bond acceptors (Lipinski definition) is 5. The average Bonchev–Trinajstić information content (AvgIpc) is 2.57. The SMILES string of the molecule is Cc1nnc(COCCCNC(C)C)o1. The van der Waals surface area contributed by atoms with E-state index in [9.17, 15) is 0 Å². The zero-order chi connectivity index (χ0) is 11.1. The van der Waals surface area contributed by atoms with Gasteiger partial charge in [-0.15, -0.1) is 10.2 Å². The van der Waals surface area contributed by atoms with Gasteiger partial charge in [0.1, 0.15) is 6.61 Å². The van der Waals surface area contributed by atoms with Gasteiger partial charge in [-0.05, 0) is 13.0 Å². The van der Waals surface area contributed by atoms with Crippen LogP contribution in [0.25, 0.3) is 0 Å². The molecular formula is C10H19N3O2. The van der Waals surface area contributed by atoms with Gasteiger partial charge in [0.05, 0.1) is 0 Å². The standard InChI is InChI=1S/C10H19N3O2/c1-8(2)11-5-4-6-14-7-10-13-12-9(3)15-10/h8,11H,4-7H2,1-3H3. The van der Waals surface area contributed by atoms with E-state index in [1.165, 1.54) is 0 Å². The van der Waals surface area contributed by atoms with E-state index in [0.29, 0.717) is 31.0 Å². The lowest BCUT2D eigenvalue weighted by molar-refractivity contribution is 0.0995. The van der Waals surface area contributed by atoms with Crippen LogP contribution >= 0.6 is 0 Å². The first kappa shape index (κ1) is 12.1. The molecule has 0 saturated heterocycles. The number of nitrogens with zero attached hydrogens (tertiary/aromatic N) is 2. The minimum absolute atomic E-state index is 0.405. The van der Waals surface area contributed by atoms with Crippen LogP contribution in [0.4, 0.5) is 0 Å². The quantitative estimate of drug-likeness (QED) is 0.691. The van der Waals surface area contributed by atoms with E-state index in [-0.39, 0.29) is 0 Å². The zero-order valence-corrected chi connectivity index (χ0v) is 9.62. The van der Waals surface area contributed by atoms with Gasteiger partial charge in [0, 0.05) is 19.6 Å². The van der Waals surface area contributed by atoms with E-state index in [4.69, 9.17) is 9.15 Å². The van der Waals surface area contributed by atoms with Crippen molar-refractivity contribution in [2.45, 2.75) is 39.8 Å². The summed E-state index contributed by atoms with van der Waals surface area (Å²) in [6.45, 7) is 8.11. The number of ether oxygens (including phenoxy) is 1. The normalized spacial score (nSPS) is 11.2. The van der Waals surface area contributed by atoms with E-state index in [1.807, 2.05) is 0 Å². The van der Waals surface area contributed by atoms with Crippen molar-refractivity contribution in [3.63, 3.8) is 0 Å². The minimum atomic E-state index is 0.405. The molecule has 15 heavy (non-hydrogen) atoms. The molecule has 1 heterocycles. The highest BCUT2D eigenvalue weighted by molar-refractivity contribution is 4.75. The Bertz CT molecular complexity index is 273. The Morgan fingerprint density at radius 2 is 2.20 bits per heavy atom. The molecule has 0 aliphatic heterocycles. The highest BCUT2D eigenvalue weighted by Crippen LogP contribution is 1.99. The summed E-state index contributed by atoms with van der Waals surface area (Å²) in [6.07, 6.45) is 0.991. The molecule has 0 unspecified atom stereocenters. The minimum Gasteiger partial charge on any atom is -0.423 e.